The normalized spacial score (nSPS) is 16.6. The third-order valence-corrected chi connectivity index (χ3v) is 4.69. The Labute approximate surface area is 187 Å². The van der Waals surface area contributed by atoms with Crippen LogP contribution in [0.15, 0.2) is 42.5 Å². The highest BCUT2D eigenvalue weighted by atomic mass is 16.6. The van der Waals surface area contributed by atoms with E-state index in [1.165, 1.54) is 0 Å². The SMILES string of the molecule is CC(C)(C)OC(=O)Nc1ccc2c(c1)[C@H](NC(=O)Nc1ccc(C#N)cc1)CC(C)(C)O2. The molecule has 0 saturated heterocycles. The Morgan fingerprint density at radius 1 is 1.09 bits per heavy atom. The number of ether oxygens (including phenoxy) is 2. The van der Waals surface area contributed by atoms with Crippen LogP contribution in [0.5, 0.6) is 5.75 Å². The topological polar surface area (TPSA) is 112 Å². The van der Waals surface area contributed by atoms with Gasteiger partial charge in [0.15, 0.2) is 0 Å². The number of urea groups is 1. The van der Waals surface area contributed by atoms with Crippen molar-refractivity contribution < 1.29 is 19.1 Å². The maximum absolute atomic E-state index is 12.7. The van der Waals surface area contributed by atoms with E-state index in [0.29, 0.717) is 29.1 Å². The number of rotatable bonds is 3. The molecule has 0 saturated carbocycles. The monoisotopic (exact) mass is 436 g/mol. The second-order valence-corrected chi connectivity index (χ2v) is 9.29. The number of nitriles is 1. The Morgan fingerprint density at radius 2 is 1.75 bits per heavy atom. The summed E-state index contributed by atoms with van der Waals surface area (Å²) in [5.74, 6) is 0.639. The molecule has 0 bridgehead atoms. The molecule has 3 amide bonds. The predicted octanol–water partition coefficient (Wildman–Crippen LogP) is 5.33. The lowest BCUT2D eigenvalue weighted by atomic mass is 9.89. The molecule has 8 nitrogen and oxygen atoms in total. The summed E-state index contributed by atoms with van der Waals surface area (Å²) in [6, 6.07) is 13.2. The van der Waals surface area contributed by atoms with Crippen molar-refractivity contribution in [2.75, 3.05) is 10.6 Å². The van der Waals surface area contributed by atoms with Crippen molar-refractivity contribution in [3.8, 4) is 11.8 Å². The highest BCUT2D eigenvalue weighted by molar-refractivity contribution is 5.90. The Hall–Kier alpha value is -3.73. The van der Waals surface area contributed by atoms with Gasteiger partial charge in [0.2, 0.25) is 0 Å². The molecular weight excluding hydrogens is 408 g/mol. The average Bonchev–Trinajstić information content (AvgIpc) is 2.67. The number of carbonyl (C=O) groups excluding carboxylic acids is 2. The van der Waals surface area contributed by atoms with Gasteiger partial charge in [-0.1, -0.05) is 0 Å². The standard InChI is InChI=1S/C24H28N4O4/c1-23(2,3)32-22(30)27-17-10-11-20-18(12-17)19(13-24(4,5)31-20)28-21(29)26-16-8-6-15(14-25)7-9-16/h6-12,19H,13H2,1-5H3,(H,27,30)(H2,26,28,29)/t19-/m1/s1. The van der Waals surface area contributed by atoms with Gasteiger partial charge in [-0.15, -0.1) is 0 Å². The molecule has 32 heavy (non-hydrogen) atoms. The number of benzene rings is 2. The number of carbonyl (C=O) groups is 2. The molecule has 3 rings (SSSR count). The second-order valence-electron chi connectivity index (χ2n) is 9.29. The van der Waals surface area contributed by atoms with E-state index in [1.807, 2.05) is 19.9 Å². The van der Waals surface area contributed by atoms with E-state index in [4.69, 9.17) is 14.7 Å². The summed E-state index contributed by atoms with van der Waals surface area (Å²) in [5.41, 5.74) is 1.29. The van der Waals surface area contributed by atoms with Crippen LogP contribution in [-0.2, 0) is 4.74 Å². The molecule has 2 aromatic carbocycles. The van der Waals surface area contributed by atoms with Gasteiger partial charge in [0.05, 0.1) is 17.7 Å². The molecule has 2 aromatic rings. The van der Waals surface area contributed by atoms with Gasteiger partial charge in [-0.3, -0.25) is 5.32 Å². The lowest BCUT2D eigenvalue weighted by Gasteiger charge is -2.38. The first kappa shape index (κ1) is 22.9. The van der Waals surface area contributed by atoms with Gasteiger partial charge in [-0.05, 0) is 77.1 Å². The summed E-state index contributed by atoms with van der Waals surface area (Å²) in [7, 11) is 0. The Bertz CT molecular complexity index is 1050. The van der Waals surface area contributed by atoms with Crippen LogP contribution in [0.1, 0.15) is 58.2 Å². The van der Waals surface area contributed by atoms with Crippen LogP contribution in [0.4, 0.5) is 21.0 Å². The van der Waals surface area contributed by atoms with Crippen molar-refractivity contribution in [1.29, 1.82) is 5.26 Å². The van der Waals surface area contributed by atoms with Crippen LogP contribution >= 0.6 is 0 Å². The maximum atomic E-state index is 12.7. The zero-order valence-corrected chi connectivity index (χ0v) is 18.9. The van der Waals surface area contributed by atoms with Crippen LogP contribution in [0.3, 0.4) is 0 Å². The minimum Gasteiger partial charge on any atom is -0.487 e. The third-order valence-electron chi connectivity index (χ3n) is 4.69. The number of fused-ring (bicyclic) bond motifs is 1. The molecule has 0 aromatic heterocycles. The number of anilines is 2. The third kappa shape index (κ3) is 6.14. The molecule has 0 fully saturated rings. The number of hydrogen-bond donors (Lipinski definition) is 3. The quantitative estimate of drug-likeness (QED) is 0.602. The average molecular weight is 437 g/mol. The summed E-state index contributed by atoms with van der Waals surface area (Å²) >= 11 is 0. The fourth-order valence-electron chi connectivity index (χ4n) is 3.44. The molecule has 0 unspecified atom stereocenters. The lowest BCUT2D eigenvalue weighted by molar-refractivity contribution is 0.0631. The van der Waals surface area contributed by atoms with Gasteiger partial charge in [0, 0.05) is 23.4 Å². The number of hydrogen-bond acceptors (Lipinski definition) is 5. The van der Waals surface area contributed by atoms with E-state index in [9.17, 15) is 9.59 Å². The van der Waals surface area contributed by atoms with Gasteiger partial charge in [-0.25, -0.2) is 9.59 Å². The Kier molecular flexibility index (Phi) is 6.30. The van der Waals surface area contributed by atoms with Gasteiger partial charge in [-0.2, -0.15) is 5.26 Å². The van der Waals surface area contributed by atoms with Crippen LogP contribution in [0, 0.1) is 11.3 Å². The Balaban J connectivity index is 1.76. The molecule has 1 atom stereocenters. The van der Waals surface area contributed by atoms with Crippen molar-refractivity contribution in [2.24, 2.45) is 0 Å². The second kappa shape index (κ2) is 8.79. The molecule has 168 valence electrons. The van der Waals surface area contributed by atoms with Crippen molar-refractivity contribution in [3.63, 3.8) is 0 Å². The summed E-state index contributed by atoms with van der Waals surface area (Å²) in [4.78, 5) is 24.8. The van der Waals surface area contributed by atoms with Crippen LogP contribution in [0.2, 0.25) is 0 Å². The molecule has 1 aliphatic heterocycles. The van der Waals surface area contributed by atoms with E-state index in [-0.39, 0.29) is 12.1 Å². The highest BCUT2D eigenvalue weighted by Gasteiger charge is 2.35. The van der Waals surface area contributed by atoms with E-state index in [0.717, 1.165) is 5.56 Å². The molecule has 8 heteroatoms. The van der Waals surface area contributed by atoms with Gasteiger partial charge in [0.25, 0.3) is 0 Å². The smallest absolute Gasteiger partial charge is 0.412 e. The number of nitrogens with one attached hydrogen (secondary N) is 3. The van der Waals surface area contributed by atoms with Crippen molar-refractivity contribution >= 4 is 23.5 Å². The molecule has 0 radical (unpaired) electrons. The van der Waals surface area contributed by atoms with Crippen LogP contribution in [0.25, 0.3) is 0 Å². The first-order valence-electron chi connectivity index (χ1n) is 10.3. The van der Waals surface area contributed by atoms with Gasteiger partial charge >= 0.3 is 12.1 Å². The van der Waals surface area contributed by atoms with Crippen molar-refractivity contribution in [3.05, 3.63) is 53.6 Å². The zero-order valence-electron chi connectivity index (χ0n) is 18.9. The predicted molar refractivity (Wildman–Crippen MR) is 122 cm³/mol. The number of nitrogens with zero attached hydrogens (tertiary/aromatic N) is 1. The fourth-order valence-corrected chi connectivity index (χ4v) is 3.44. The van der Waals surface area contributed by atoms with Gasteiger partial charge < -0.3 is 20.1 Å². The first-order valence-corrected chi connectivity index (χ1v) is 10.3. The van der Waals surface area contributed by atoms with Crippen LogP contribution < -0.4 is 20.7 Å². The minimum absolute atomic E-state index is 0.340. The summed E-state index contributed by atoms with van der Waals surface area (Å²) in [6.07, 6.45) is -0.0194. The summed E-state index contributed by atoms with van der Waals surface area (Å²) in [5, 5.41) is 17.4. The van der Waals surface area contributed by atoms with Crippen LogP contribution in [-0.4, -0.2) is 23.3 Å². The molecule has 1 heterocycles. The molecule has 3 N–H and O–H groups in total. The fraction of sp³-hybridized carbons (Fsp3) is 0.375. The number of amides is 3. The summed E-state index contributed by atoms with van der Waals surface area (Å²) < 4.78 is 11.4. The molecule has 0 spiro atoms. The van der Waals surface area contributed by atoms with Crippen molar-refractivity contribution in [1.82, 2.24) is 5.32 Å². The molecule has 0 aliphatic carbocycles. The first-order chi connectivity index (χ1) is 14.9. The highest BCUT2D eigenvalue weighted by Crippen LogP contribution is 2.40. The molecular formula is C24H28N4O4. The minimum atomic E-state index is -0.612. The molecule has 1 aliphatic rings. The Morgan fingerprint density at radius 3 is 2.38 bits per heavy atom. The van der Waals surface area contributed by atoms with Gasteiger partial charge in [0.1, 0.15) is 17.0 Å². The largest absolute Gasteiger partial charge is 0.487 e. The van der Waals surface area contributed by atoms with E-state index in [2.05, 4.69) is 16.0 Å². The van der Waals surface area contributed by atoms with E-state index >= 15 is 0 Å². The van der Waals surface area contributed by atoms with E-state index < -0.39 is 17.3 Å². The lowest BCUT2D eigenvalue weighted by Crippen LogP contribution is -2.42. The zero-order chi connectivity index (χ0) is 23.5. The maximum Gasteiger partial charge on any atom is 0.412 e. The van der Waals surface area contributed by atoms with Crippen molar-refractivity contribution in [2.45, 2.75) is 58.3 Å². The summed E-state index contributed by atoms with van der Waals surface area (Å²) in [6.45, 7) is 9.29. The van der Waals surface area contributed by atoms with E-state index in [1.54, 1.807) is 63.2 Å².